The fourth-order valence-corrected chi connectivity index (χ4v) is 4.10. The Morgan fingerprint density at radius 2 is 2.29 bits per heavy atom. The quantitative estimate of drug-likeness (QED) is 0.907. The van der Waals surface area contributed by atoms with Gasteiger partial charge in [-0.15, -0.1) is 0 Å². The Kier molecular flexibility index (Phi) is 3.05. The molecule has 2 saturated carbocycles. The molecule has 1 aliphatic heterocycles. The molecule has 4 heteroatoms. The summed E-state index contributed by atoms with van der Waals surface area (Å²) < 4.78 is 5.82. The van der Waals surface area contributed by atoms with Gasteiger partial charge in [0.25, 0.3) is 0 Å². The molecule has 0 aromatic heterocycles. The molecule has 1 saturated heterocycles. The lowest BCUT2D eigenvalue weighted by Gasteiger charge is -2.42. The van der Waals surface area contributed by atoms with E-state index in [1.165, 1.54) is 19.3 Å². The zero-order chi connectivity index (χ0) is 14.5. The second kappa shape index (κ2) is 4.72. The molecule has 3 unspecified atom stereocenters. The third kappa shape index (κ3) is 2.27. The Balaban J connectivity index is 1.39. The number of ether oxygens (including phenoxy) is 1. The summed E-state index contributed by atoms with van der Waals surface area (Å²) in [7, 11) is 0. The van der Waals surface area contributed by atoms with Gasteiger partial charge in [0, 0.05) is 17.9 Å². The lowest BCUT2D eigenvalue weighted by atomic mass is 9.81. The van der Waals surface area contributed by atoms with Crippen molar-refractivity contribution in [3.8, 4) is 0 Å². The van der Waals surface area contributed by atoms with E-state index < -0.39 is 0 Å². The van der Waals surface area contributed by atoms with Gasteiger partial charge in [0.1, 0.15) is 5.60 Å². The first-order valence-corrected chi connectivity index (χ1v) is 8.17. The van der Waals surface area contributed by atoms with E-state index in [0.717, 1.165) is 24.5 Å². The van der Waals surface area contributed by atoms with Crippen LogP contribution in [0.5, 0.6) is 0 Å². The lowest BCUT2D eigenvalue weighted by molar-refractivity contribution is -0.155. The van der Waals surface area contributed by atoms with Crippen LogP contribution in [0.15, 0.2) is 24.3 Å². The topological polar surface area (TPSA) is 38.3 Å². The number of carbonyl (C=O) groups excluding carboxylic acids is 1. The summed E-state index contributed by atoms with van der Waals surface area (Å²) in [4.78, 5) is 12.2. The molecule has 0 spiro atoms. The molecule has 1 aromatic rings. The standard InChI is InChI=1S/C17H20ClNO2/c18-14-3-1-2-12(8-14)17(6-7-21-17)11-19-15(20)10-16-5-4-13(16)9-16/h1-3,8,13H,4-7,9-11H2,(H,19,20). The van der Waals surface area contributed by atoms with Gasteiger partial charge in [-0.1, -0.05) is 23.7 Å². The van der Waals surface area contributed by atoms with Crippen molar-refractivity contribution >= 4 is 17.5 Å². The predicted molar refractivity (Wildman–Crippen MR) is 81.1 cm³/mol. The monoisotopic (exact) mass is 305 g/mol. The van der Waals surface area contributed by atoms with Crippen molar-refractivity contribution in [3.05, 3.63) is 34.9 Å². The van der Waals surface area contributed by atoms with Crippen LogP contribution in [0.3, 0.4) is 0 Å². The lowest BCUT2D eigenvalue weighted by Crippen LogP contribution is -2.50. The van der Waals surface area contributed by atoms with Crippen LogP contribution in [-0.2, 0) is 15.1 Å². The molecule has 21 heavy (non-hydrogen) atoms. The highest BCUT2D eigenvalue weighted by atomic mass is 35.5. The minimum Gasteiger partial charge on any atom is -0.368 e. The van der Waals surface area contributed by atoms with Gasteiger partial charge in [-0.25, -0.2) is 0 Å². The van der Waals surface area contributed by atoms with E-state index in [-0.39, 0.29) is 11.5 Å². The van der Waals surface area contributed by atoms with Crippen LogP contribution in [0.25, 0.3) is 0 Å². The highest BCUT2D eigenvalue weighted by molar-refractivity contribution is 6.30. The molecule has 4 rings (SSSR count). The third-order valence-corrected chi connectivity index (χ3v) is 5.90. The van der Waals surface area contributed by atoms with E-state index in [9.17, 15) is 4.79 Å². The Labute approximate surface area is 130 Å². The molecule has 0 bridgehead atoms. The van der Waals surface area contributed by atoms with Crippen LogP contribution < -0.4 is 5.32 Å². The number of hydrogen-bond donors (Lipinski definition) is 1. The first kappa shape index (κ1) is 13.6. The Morgan fingerprint density at radius 3 is 2.81 bits per heavy atom. The average molecular weight is 306 g/mol. The maximum Gasteiger partial charge on any atom is 0.220 e. The maximum absolute atomic E-state index is 12.2. The molecule has 3 aliphatic rings. The van der Waals surface area contributed by atoms with Crippen LogP contribution in [-0.4, -0.2) is 19.1 Å². The summed E-state index contributed by atoms with van der Waals surface area (Å²) in [6.07, 6.45) is 5.45. The minimum absolute atomic E-state index is 0.175. The van der Waals surface area contributed by atoms with Crippen LogP contribution in [0.1, 0.15) is 37.7 Å². The molecule has 2 aliphatic carbocycles. The number of fused-ring (bicyclic) bond motifs is 1. The normalized spacial score (nSPS) is 36.1. The summed E-state index contributed by atoms with van der Waals surface area (Å²) >= 11 is 6.07. The minimum atomic E-state index is -0.374. The zero-order valence-corrected chi connectivity index (χ0v) is 12.8. The number of hydrogen-bond acceptors (Lipinski definition) is 2. The Hall–Kier alpha value is -1.06. The molecule has 1 heterocycles. The largest absolute Gasteiger partial charge is 0.368 e. The second-order valence-electron chi connectivity index (χ2n) is 6.86. The molecule has 3 atom stereocenters. The van der Waals surface area contributed by atoms with Gasteiger partial charge < -0.3 is 10.1 Å². The van der Waals surface area contributed by atoms with Crippen molar-refractivity contribution in [2.75, 3.05) is 13.2 Å². The molecule has 3 nitrogen and oxygen atoms in total. The van der Waals surface area contributed by atoms with E-state index >= 15 is 0 Å². The van der Waals surface area contributed by atoms with Crippen molar-refractivity contribution in [2.24, 2.45) is 11.3 Å². The summed E-state index contributed by atoms with van der Waals surface area (Å²) in [6.45, 7) is 1.29. The van der Waals surface area contributed by atoms with E-state index in [2.05, 4.69) is 5.32 Å². The summed E-state index contributed by atoms with van der Waals surface area (Å²) in [5.74, 6) is 1.01. The van der Waals surface area contributed by atoms with E-state index in [1.807, 2.05) is 24.3 Å². The maximum atomic E-state index is 12.2. The van der Waals surface area contributed by atoms with Gasteiger partial charge in [0.2, 0.25) is 5.91 Å². The van der Waals surface area contributed by atoms with Gasteiger partial charge >= 0.3 is 0 Å². The van der Waals surface area contributed by atoms with Gasteiger partial charge in [0.05, 0.1) is 13.2 Å². The fraction of sp³-hybridized carbons (Fsp3) is 0.588. The SMILES string of the molecule is O=C(CC12CCC1C2)NCC1(c2cccc(Cl)c2)CCO1. The fourth-order valence-electron chi connectivity index (χ4n) is 3.91. The molecule has 1 N–H and O–H groups in total. The van der Waals surface area contributed by atoms with Crippen molar-refractivity contribution in [1.82, 2.24) is 5.32 Å². The third-order valence-electron chi connectivity index (χ3n) is 5.67. The highest BCUT2D eigenvalue weighted by Crippen LogP contribution is 2.69. The second-order valence-corrected chi connectivity index (χ2v) is 7.30. The number of halogens is 1. The van der Waals surface area contributed by atoms with Crippen LogP contribution in [0, 0.1) is 11.3 Å². The average Bonchev–Trinajstić information content (AvgIpc) is 2.90. The van der Waals surface area contributed by atoms with Crippen LogP contribution >= 0.6 is 11.6 Å². The van der Waals surface area contributed by atoms with Crippen molar-refractivity contribution in [3.63, 3.8) is 0 Å². The first-order chi connectivity index (χ1) is 10.1. The Bertz CT molecular complexity index is 580. The molecule has 0 radical (unpaired) electrons. The van der Waals surface area contributed by atoms with Gasteiger partial charge in [-0.3, -0.25) is 4.79 Å². The van der Waals surface area contributed by atoms with Crippen molar-refractivity contribution in [1.29, 1.82) is 0 Å². The van der Waals surface area contributed by atoms with Gasteiger partial charge in [-0.2, -0.15) is 0 Å². The number of carbonyl (C=O) groups is 1. The predicted octanol–water partition coefficient (Wildman–Crippen LogP) is 3.26. The molecular formula is C17H20ClNO2. The number of nitrogens with one attached hydrogen (secondary N) is 1. The van der Waals surface area contributed by atoms with Crippen molar-refractivity contribution in [2.45, 2.75) is 37.7 Å². The molecule has 112 valence electrons. The zero-order valence-electron chi connectivity index (χ0n) is 12.0. The highest BCUT2D eigenvalue weighted by Gasteiger charge is 2.61. The molecular weight excluding hydrogens is 286 g/mol. The van der Waals surface area contributed by atoms with Gasteiger partial charge in [0.15, 0.2) is 0 Å². The summed E-state index contributed by atoms with van der Waals surface area (Å²) in [5.41, 5.74) is 1.07. The van der Waals surface area contributed by atoms with Crippen LogP contribution in [0.2, 0.25) is 5.02 Å². The Morgan fingerprint density at radius 1 is 1.43 bits per heavy atom. The molecule has 1 aromatic carbocycles. The smallest absolute Gasteiger partial charge is 0.220 e. The number of rotatable bonds is 5. The van der Waals surface area contributed by atoms with E-state index in [4.69, 9.17) is 16.3 Å². The van der Waals surface area contributed by atoms with E-state index in [0.29, 0.717) is 23.4 Å². The summed E-state index contributed by atoms with van der Waals surface area (Å²) in [5, 5.41) is 3.80. The summed E-state index contributed by atoms with van der Waals surface area (Å²) in [6, 6.07) is 7.76. The van der Waals surface area contributed by atoms with Gasteiger partial charge in [-0.05, 0) is 48.3 Å². The number of benzene rings is 1. The van der Waals surface area contributed by atoms with Crippen molar-refractivity contribution < 1.29 is 9.53 Å². The van der Waals surface area contributed by atoms with E-state index in [1.54, 1.807) is 0 Å². The number of amides is 1. The first-order valence-electron chi connectivity index (χ1n) is 7.79. The van der Waals surface area contributed by atoms with Crippen LogP contribution in [0.4, 0.5) is 0 Å². The molecule has 3 fully saturated rings. The molecule has 1 amide bonds.